The molecule has 1 aromatic rings. The topological polar surface area (TPSA) is 69.4 Å². The molecule has 1 rings (SSSR count). The van der Waals surface area contributed by atoms with Crippen LogP contribution in [0.3, 0.4) is 0 Å². The van der Waals surface area contributed by atoms with E-state index in [4.69, 9.17) is 0 Å². The predicted octanol–water partition coefficient (Wildman–Crippen LogP) is 3.30. The summed E-state index contributed by atoms with van der Waals surface area (Å²) in [5, 5.41) is 10.9. The Labute approximate surface area is 108 Å². The average Bonchev–Trinajstić information content (AvgIpc) is 2.39. The Hall–Kier alpha value is -1.43. The number of ether oxygens (including phenoxy) is 1. The first kappa shape index (κ1) is 15.6. The molecule has 1 aromatic carbocycles. The summed E-state index contributed by atoms with van der Waals surface area (Å²) in [4.78, 5) is 21.3. The fourth-order valence-electron chi connectivity index (χ4n) is 1.09. The van der Waals surface area contributed by atoms with Gasteiger partial charge in [-0.05, 0) is 5.56 Å². The number of non-ortho nitro benzene ring substituents is 1. The van der Waals surface area contributed by atoms with E-state index in [1.54, 1.807) is 0 Å². The van der Waals surface area contributed by atoms with Crippen LogP contribution in [0, 0.1) is 10.1 Å². The minimum Gasteiger partial charge on any atom is -0.465 e. The highest BCUT2D eigenvalue weighted by molar-refractivity contribution is 9.08. The zero-order valence-electron chi connectivity index (χ0n) is 9.90. The van der Waals surface area contributed by atoms with Gasteiger partial charge in [-0.25, -0.2) is 4.79 Å². The molecule has 0 fully saturated rings. The van der Waals surface area contributed by atoms with Crippen LogP contribution in [0.25, 0.3) is 0 Å². The normalized spacial score (nSPS) is 8.94. The molecule has 0 spiro atoms. The van der Waals surface area contributed by atoms with Crippen molar-refractivity contribution in [3.63, 3.8) is 0 Å². The molecule has 0 aliphatic heterocycles. The second-order valence-electron chi connectivity index (χ2n) is 2.72. The number of hydrogen-bond donors (Lipinski definition) is 0. The summed E-state index contributed by atoms with van der Waals surface area (Å²) < 4.78 is 4.53. The summed E-state index contributed by atoms with van der Waals surface area (Å²) in [5.41, 5.74) is 0.746. The van der Waals surface area contributed by atoms with Gasteiger partial charge in [0, 0.05) is 17.5 Å². The standard InChI is InChI=1S/C9H8BrNO4.C2H6/c1-15-9(12)8-4-7(11(13)14)3-2-6(8)5-10;1-2/h2-4H,5H2,1H3;1-2H3. The number of nitro groups is 1. The molecule has 0 aromatic heterocycles. The lowest BCUT2D eigenvalue weighted by Crippen LogP contribution is -2.05. The lowest BCUT2D eigenvalue weighted by atomic mass is 10.1. The highest BCUT2D eigenvalue weighted by Gasteiger charge is 2.16. The van der Waals surface area contributed by atoms with E-state index >= 15 is 0 Å². The van der Waals surface area contributed by atoms with Crippen molar-refractivity contribution in [1.82, 2.24) is 0 Å². The maximum Gasteiger partial charge on any atom is 0.338 e. The van der Waals surface area contributed by atoms with E-state index in [1.165, 1.54) is 25.3 Å². The summed E-state index contributed by atoms with van der Waals surface area (Å²) in [7, 11) is 1.24. The molecule has 0 saturated carbocycles. The van der Waals surface area contributed by atoms with Crippen LogP contribution in [-0.2, 0) is 10.1 Å². The fraction of sp³-hybridized carbons (Fsp3) is 0.364. The lowest BCUT2D eigenvalue weighted by molar-refractivity contribution is -0.384. The van der Waals surface area contributed by atoms with E-state index in [2.05, 4.69) is 20.7 Å². The molecule has 0 aliphatic carbocycles. The largest absolute Gasteiger partial charge is 0.465 e. The van der Waals surface area contributed by atoms with Gasteiger partial charge in [-0.3, -0.25) is 10.1 Å². The number of carbonyl (C=O) groups is 1. The first-order valence-electron chi connectivity index (χ1n) is 5.01. The quantitative estimate of drug-likeness (QED) is 0.372. The number of hydrogen-bond acceptors (Lipinski definition) is 4. The fourth-order valence-corrected chi connectivity index (χ4v) is 1.58. The summed E-state index contributed by atoms with van der Waals surface area (Å²) >= 11 is 3.19. The summed E-state index contributed by atoms with van der Waals surface area (Å²) in [6.45, 7) is 4.00. The minimum atomic E-state index is -0.576. The third kappa shape index (κ3) is 4.14. The zero-order chi connectivity index (χ0) is 13.4. The van der Waals surface area contributed by atoms with Gasteiger partial charge in [-0.1, -0.05) is 35.8 Å². The highest BCUT2D eigenvalue weighted by atomic mass is 79.9. The van der Waals surface area contributed by atoms with Crippen LogP contribution < -0.4 is 0 Å². The molecule has 0 N–H and O–H groups in total. The van der Waals surface area contributed by atoms with Crippen molar-refractivity contribution < 1.29 is 14.5 Å². The van der Waals surface area contributed by atoms with Crippen molar-refractivity contribution in [1.29, 1.82) is 0 Å². The van der Waals surface area contributed by atoms with Crippen LogP contribution >= 0.6 is 15.9 Å². The van der Waals surface area contributed by atoms with Crippen molar-refractivity contribution in [3.05, 3.63) is 39.4 Å². The third-order valence-electron chi connectivity index (χ3n) is 1.85. The number of rotatable bonds is 3. The van der Waals surface area contributed by atoms with E-state index in [1.807, 2.05) is 13.8 Å². The number of nitrogens with zero attached hydrogens (tertiary/aromatic N) is 1. The maximum atomic E-state index is 11.3. The lowest BCUT2D eigenvalue weighted by Gasteiger charge is -2.04. The monoisotopic (exact) mass is 303 g/mol. The van der Waals surface area contributed by atoms with Gasteiger partial charge in [-0.2, -0.15) is 0 Å². The molecule has 6 heteroatoms. The Balaban J connectivity index is 0.00000121. The number of esters is 1. The molecule has 17 heavy (non-hydrogen) atoms. The SMILES string of the molecule is CC.COC(=O)c1cc([N+](=O)[O-])ccc1CBr. The Morgan fingerprint density at radius 3 is 2.47 bits per heavy atom. The summed E-state index contributed by atoms with van der Waals surface area (Å²) in [6.07, 6.45) is 0. The molecule has 5 nitrogen and oxygen atoms in total. The summed E-state index contributed by atoms with van der Waals surface area (Å²) in [5.74, 6) is -0.576. The maximum absolute atomic E-state index is 11.3. The van der Waals surface area contributed by atoms with Crippen LogP contribution in [0.15, 0.2) is 18.2 Å². The molecular formula is C11H14BrNO4. The first-order chi connectivity index (χ1) is 8.10. The van der Waals surface area contributed by atoms with Gasteiger partial charge in [0.05, 0.1) is 17.6 Å². The van der Waals surface area contributed by atoms with Crippen LogP contribution in [0.2, 0.25) is 0 Å². The van der Waals surface area contributed by atoms with E-state index in [0.29, 0.717) is 10.9 Å². The van der Waals surface area contributed by atoms with Crippen molar-refractivity contribution in [3.8, 4) is 0 Å². The van der Waals surface area contributed by atoms with Gasteiger partial charge in [0.2, 0.25) is 0 Å². The van der Waals surface area contributed by atoms with E-state index in [0.717, 1.165) is 0 Å². The molecule has 0 amide bonds. The Morgan fingerprint density at radius 2 is 2.06 bits per heavy atom. The number of nitro benzene ring substituents is 1. The number of alkyl halides is 1. The van der Waals surface area contributed by atoms with Gasteiger partial charge in [0.15, 0.2) is 0 Å². The van der Waals surface area contributed by atoms with Crippen molar-refractivity contribution >= 4 is 27.6 Å². The number of methoxy groups -OCH3 is 1. The van der Waals surface area contributed by atoms with Gasteiger partial charge < -0.3 is 4.74 Å². The summed E-state index contributed by atoms with van der Waals surface area (Å²) in [6, 6.07) is 4.09. The van der Waals surface area contributed by atoms with Crippen LogP contribution in [0.4, 0.5) is 5.69 Å². The average molecular weight is 304 g/mol. The van der Waals surface area contributed by atoms with Crippen LogP contribution in [0.5, 0.6) is 0 Å². The van der Waals surface area contributed by atoms with Crippen LogP contribution in [-0.4, -0.2) is 18.0 Å². The Bertz CT molecular complexity index is 406. The smallest absolute Gasteiger partial charge is 0.338 e. The van der Waals surface area contributed by atoms with Gasteiger partial charge in [-0.15, -0.1) is 0 Å². The first-order valence-corrected chi connectivity index (χ1v) is 6.14. The Kier molecular flexibility index (Phi) is 7.13. The second kappa shape index (κ2) is 7.78. The second-order valence-corrected chi connectivity index (χ2v) is 3.28. The molecule has 0 heterocycles. The van der Waals surface area contributed by atoms with Crippen molar-refractivity contribution in [2.45, 2.75) is 19.2 Å². The zero-order valence-corrected chi connectivity index (χ0v) is 11.5. The number of halogens is 1. The third-order valence-corrected chi connectivity index (χ3v) is 2.46. The van der Waals surface area contributed by atoms with Crippen LogP contribution in [0.1, 0.15) is 29.8 Å². The van der Waals surface area contributed by atoms with E-state index in [-0.39, 0.29) is 11.3 Å². The van der Waals surface area contributed by atoms with Gasteiger partial charge >= 0.3 is 5.97 Å². The van der Waals surface area contributed by atoms with Gasteiger partial charge in [0.1, 0.15) is 0 Å². The van der Waals surface area contributed by atoms with Crippen molar-refractivity contribution in [2.24, 2.45) is 0 Å². The van der Waals surface area contributed by atoms with Crippen molar-refractivity contribution in [2.75, 3.05) is 7.11 Å². The molecule has 0 aliphatic rings. The van der Waals surface area contributed by atoms with E-state index in [9.17, 15) is 14.9 Å². The highest BCUT2D eigenvalue weighted by Crippen LogP contribution is 2.20. The predicted molar refractivity (Wildman–Crippen MR) is 68.4 cm³/mol. The molecule has 94 valence electrons. The molecule has 0 unspecified atom stereocenters. The molecule has 0 bridgehead atoms. The minimum absolute atomic E-state index is 0.125. The number of carbonyl (C=O) groups excluding carboxylic acids is 1. The molecular weight excluding hydrogens is 290 g/mol. The molecule has 0 atom stereocenters. The number of benzene rings is 1. The molecule has 0 radical (unpaired) electrons. The van der Waals surface area contributed by atoms with Gasteiger partial charge in [0.25, 0.3) is 5.69 Å². The Morgan fingerprint density at radius 1 is 1.47 bits per heavy atom. The van der Waals surface area contributed by atoms with E-state index < -0.39 is 10.9 Å². The molecule has 0 saturated heterocycles.